The number of anilines is 1. The summed E-state index contributed by atoms with van der Waals surface area (Å²) in [5.74, 6) is 0.375. The Morgan fingerprint density at radius 1 is 1.57 bits per heavy atom. The van der Waals surface area contributed by atoms with E-state index in [0.717, 1.165) is 5.13 Å². The van der Waals surface area contributed by atoms with Crippen LogP contribution in [0.25, 0.3) is 0 Å². The zero-order valence-corrected chi connectivity index (χ0v) is 9.21. The van der Waals surface area contributed by atoms with Crippen LogP contribution in [0.1, 0.15) is 11.0 Å². The van der Waals surface area contributed by atoms with Gasteiger partial charge in [-0.25, -0.2) is 0 Å². The van der Waals surface area contributed by atoms with E-state index in [2.05, 4.69) is 4.98 Å². The minimum Gasteiger partial charge on any atom is -0.480 e. The van der Waals surface area contributed by atoms with E-state index >= 15 is 0 Å². The summed E-state index contributed by atoms with van der Waals surface area (Å²) in [6.45, 7) is -0.328. The molecule has 0 aliphatic heterocycles. The third-order valence-electron chi connectivity index (χ3n) is 1.66. The van der Waals surface area contributed by atoms with Crippen molar-refractivity contribution in [3.63, 3.8) is 0 Å². The van der Waals surface area contributed by atoms with Crippen molar-refractivity contribution in [2.24, 2.45) is 0 Å². The lowest BCUT2D eigenvalue weighted by Gasteiger charge is -2.05. The van der Waals surface area contributed by atoms with Gasteiger partial charge in [-0.3, -0.25) is 0 Å². The van der Waals surface area contributed by atoms with Gasteiger partial charge in [-0.2, -0.15) is 4.98 Å². The maximum atomic E-state index is 9.46. The Morgan fingerprint density at radius 2 is 2.21 bits per heavy atom. The van der Waals surface area contributed by atoms with Crippen LogP contribution < -0.4 is 9.64 Å². The molecule has 0 aliphatic rings. The lowest BCUT2D eigenvalue weighted by atomic mass is 10.3. The number of aliphatic hydroxyl groups excluding tert-OH is 2. The predicted octanol–water partition coefficient (Wildman–Crippen LogP) is 0.243. The minimum atomic E-state index is -0.920. The topological polar surface area (TPSA) is 65.8 Å². The SMILES string of the molecule is COc1nc(N(C)C)sc1C(O)CO. The number of hydrogen-bond acceptors (Lipinski definition) is 6. The predicted molar refractivity (Wildman–Crippen MR) is 55.0 cm³/mol. The summed E-state index contributed by atoms with van der Waals surface area (Å²) in [4.78, 5) is 6.52. The number of aliphatic hydroxyl groups is 2. The summed E-state index contributed by atoms with van der Waals surface area (Å²) in [5.41, 5.74) is 0. The van der Waals surface area contributed by atoms with Crippen molar-refractivity contribution >= 4 is 16.5 Å². The van der Waals surface area contributed by atoms with Gasteiger partial charge in [-0.1, -0.05) is 11.3 Å². The van der Waals surface area contributed by atoms with Gasteiger partial charge in [-0.15, -0.1) is 0 Å². The Morgan fingerprint density at radius 3 is 2.64 bits per heavy atom. The number of rotatable bonds is 4. The Kier molecular flexibility index (Phi) is 3.68. The van der Waals surface area contributed by atoms with E-state index in [1.807, 2.05) is 19.0 Å². The van der Waals surface area contributed by atoms with Gasteiger partial charge in [0.05, 0.1) is 13.7 Å². The average Bonchev–Trinajstić information content (AvgIpc) is 2.60. The van der Waals surface area contributed by atoms with Crippen molar-refractivity contribution in [2.75, 3.05) is 32.7 Å². The van der Waals surface area contributed by atoms with Crippen LogP contribution in [0, 0.1) is 0 Å². The highest BCUT2D eigenvalue weighted by molar-refractivity contribution is 7.16. The van der Waals surface area contributed by atoms with E-state index in [0.29, 0.717) is 10.8 Å². The molecule has 5 nitrogen and oxygen atoms in total. The van der Waals surface area contributed by atoms with E-state index in [1.165, 1.54) is 18.4 Å². The van der Waals surface area contributed by atoms with Gasteiger partial charge in [0.15, 0.2) is 5.13 Å². The molecule has 0 radical (unpaired) electrons. The number of hydrogen-bond donors (Lipinski definition) is 2. The van der Waals surface area contributed by atoms with Gasteiger partial charge in [0.25, 0.3) is 0 Å². The van der Waals surface area contributed by atoms with Crippen LogP contribution in [0.4, 0.5) is 5.13 Å². The van der Waals surface area contributed by atoms with Gasteiger partial charge in [-0.05, 0) is 0 Å². The number of aromatic nitrogens is 1. The van der Waals surface area contributed by atoms with Crippen LogP contribution in [-0.2, 0) is 0 Å². The van der Waals surface area contributed by atoms with Crippen LogP contribution in [0.15, 0.2) is 0 Å². The summed E-state index contributed by atoms with van der Waals surface area (Å²) in [5, 5.41) is 19.0. The standard InChI is InChI=1S/C8H14N2O3S/c1-10(2)8-9-7(13-3)6(14-8)5(12)4-11/h5,11-12H,4H2,1-3H3. The summed E-state index contributed by atoms with van der Waals surface area (Å²) in [6, 6.07) is 0. The van der Waals surface area contributed by atoms with Crippen LogP contribution in [0.5, 0.6) is 5.88 Å². The molecular weight excluding hydrogens is 204 g/mol. The molecule has 1 unspecified atom stereocenters. The molecule has 1 aromatic heterocycles. The molecule has 0 aromatic carbocycles. The molecule has 0 fully saturated rings. The molecule has 0 aliphatic carbocycles. The molecule has 2 N–H and O–H groups in total. The van der Waals surface area contributed by atoms with E-state index in [4.69, 9.17) is 9.84 Å². The van der Waals surface area contributed by atoms with Crippen LogP contribution >= 0.6 is 11.3 Å². The lowest BCUT2D eigenvalue weighted by Crippen LogP contribution is -2.07. The highest BCUT2D eigenvalue weighted by Crippen LogP contribution is 2.34. The normalized spacial score (nSPS) is 12.6. The average molecular weight is 218 g/mol. The fourth-order valence-corrected chi connectivity index (χ4v) is 1.87. The summed E-state index contributed by atoms with van der Waals surface area (Å²) < 4.78 is 5.00. The maximum absolute atomic E-state index is 9.46. The first-order valence-corrected chi connectivity index (χ1v) is 4.92. The maximum Gasteiger partial charge on any atom is 0.232 e. The quantitative estimate of drug-likeness (QED) is 0.758. The molecule has 14 heavy (non-hydrogen) atoms. The minimum absolute atomic E-state index is 0.328. The Labute approximate surface area is 86.6 Å². The molecule has 0 bridgehead atoms. The smallest absolute Gasteiger partial charge is 0.232 e. The van der Waals surface area contributed by atoms with Gasteiger partial charge in [0.1, 0.15) is 11.0 Å². The van der Waals surface area contributed by atoms with Gasteiger partial charge in [0.2, 0.25) is 5.88 Å². The number of thiazole rings is 1. The summed E-state index contributed by atoms with van der Waals surface area (Å²) in [7, 11) is 5.20. The van der Waals surface area contributed by atoms with E-state index in [-0.39, 0.29) is 6.61 Å². The number of nitrogens with zero attached hydrogens (tertiary/aromatic N) is 2. The second-order valence-electron chi connectivity index (χ2n) is 2.96. The molecule has 0 saturated heterocycles. The third-order valence-corrected chi connectivity index (χ3v) is 2.97. The largest absolute Gasteiger partial charge is 0.480 e. The third kappa shape index (κ3) is 2.14. The van der Waals surface area contributed by atoms with Crippen molar-refractivity contribution in [3.8, 4) is 5.88 Å². The Bertz CT molecular complexity index is 301. The highest BCUT2D eigenvalue weighted by atomic mass is 32.1. The zero-order chi connectivity index (χ0) is 10.7. The lowest BCUT2D eigenvalue weighted by molar-refractivity contribution is 0.0959. The van der Waals surface area contributed by atoms with Crippen LogP contribution in [0.3, 0.4) is 0 Å². The molecule has 0 spiro atoms. The molecule has 0 amide bonds. The van der Waals surface area contributed by atoms with Crippen molar-refractivity contribution < 1.29 is 14.9 Å². The van der Waals surface area contributed by atoms with E-state index in [1.54, 1.807) is 0 Å². The first-order chi connectivity index (χ1) is 6.60. The zero-order valence-electron chi connectivity index (χ0n) is 8.39. The van der Waals surface area contributed by atoms with Gasteiger partial charge in [0, 0.05) is 14.1 Å². The van der Waals surface area contributed by atoms with E-state index in [9.17, 15) is 5.11 Å². The Balaban J connectivity index is 3.02. The molecule has 1 heterocycles. The van der Waals surface area contributed by atoms with Crippen molar-refractivity contribution in [2.45, 2.75) is 6.10 Å². The molecule has 6 heteroatoms. The number of ether oxygens (including phenoxy) is 1. The molecule has 1 rings (SSSR count). The molecule has 1 aromatic rings. The van der Waals surface area contributed by atoms with Gasteiger partial charge >= 0.3 is 0 Å². The first-order valence-electron chi connectivity index (χ1n) is 4.11. The van der Waals surface area contributed by atoms with Crippen molar-refractivity contribution in [1.82, 2.24) is 4.98 Å². The fourth-order valence-electron chi connectivity index (χ4n) is 0.938. The Hall–Kier alpha value is -0.850. The number of methoxy groups -OCH3 is 1. The van der Waals surface area contributed by atoms with Crippen LogP contribution in [-0.4, -0.2) is 43.0 Å². The molecule has 80 valence electrons. The first kappa shape index (κ1) is 11.2. The second-order valence-corrected chi connectivity index (χ2v) is 3.97. The molecular formula is C8H14N2O3S. The van der Waals surface area contributed by atoms with Crippen molar-refractivity contribution in [3.05, 3.63) is 4.88 Å². The van der Waals surface area contributed by atoms with Crippen LogP contribution in [0.2, 0.25) is 0 Å². The van der Waals surface area contributed by atoms with Gasteiger partial charge < -0.3 is 19.8 Å². The second kappa shape index (κ2) is 4.59. The summed E-state index contributed by atoms with van der Waals surface area (Å²) >= 11 is 1.30. The monoisotopic (exact) mass is 218 g/mol. The summed E-state index contributed by atoms with van der Waals surface area (Å²) in [6.07, 6.45) is -0.920. The molecule has 0 saturated carbocycles. The van der Waals surface area contributed by atoms with Crippen molar-refractivity contribution in [1.29, 1.82) is 0 Å². The molecule has 1 atom stereocenters. The highest BCUT2D eigenvalue weighted by Gasteiger charge is 2.19. The van der Waals surface area contributed by atoms with E-state index < -0.39 is 6.10 Å². The fraction of sp³-hybridized carbons (Fsp3) is 0.625.